The third-order valence-electron chi connectivity index (χ3n) is 4.79. The van der Waals surface area contributed by atoms with E-state index in [0.717, 1.165) is 4.90 Å². The zero-order valence-electron chi connectivity index (χ0n) is 16.7. The van der Waals surface area contributed by atoms with Gasteiger partial charge in [0.2, 0.25) is 5.91 Å². The molecule has 1 unspecified atom stereocenters. The third-order valence-corrected chi connectivity index (χ3v) is 5.04. The van der Waals surface area contributed by atoms with Crippen LogP contribution in [0.2, 0.25) is 5.02 Å². The van der Waals surface area contributed by atoms with Crippen molar-refractivity contribution in [2.75, 3.05) is 4.90 Å². The molecule has 0 N–H and O–H groups in total. The number of nitro groups is 1. The SMILES string of the molecule is CC(C)(C)N(C(=O)c1ccc([N+](=O)[O-])cc1)C1CC(=O)N(c2ccc(Cl)cc2)C1=O. The largest absolute Gasteiger partial charge is 0.321 e. The number of hydrogen-bond donors (Lipinski definition) is 0. The minimum Gasteiger partial charge on any atom is -0.321 e. The molecule has 0 aliphatic carbocycles. The molecule has 1 heterocycles. The summed E-state index contributed by atoms with van der Waals surface area (Å²) in [6, 6.07) is 10.5. The summed E-state index contributed by atoms with van der Waals surface area (Å²) < 4.78 is 0. The van der Waals surface area contributed by atoms with Crippen molar-refractivity contribution in [3.63, 3.8) is 0 Å². The Balaban J connectivity index is 1.95. The highest BCUT2D eigenvalue weighted by atomic mass is 35.5. The number of nitro benzene ring substituents is 1. The van der Waals surface area contributed by atoms with E-state index in [-0.39, 0.29) is 17.7 Å². The Kier molecular flexibility index (Phi) is 5.63. The Bertz CT molecular complexity index is 1010. The maximum atomic E-state index is 13.3. The van der Waals surface area contributed by atoms with E-state index in [1.807, 2.05) is 0 Å². The van der Waals surface area contributed by atoms with Crippen molar-refractivity contribution in [3.8, 4) is 0 Å². The van der Waals surface area contributed by atoms with Crippen LogP contribution in [0.25, 0.3) is 0 Å². The topological polar surface area (TPSA) is 101 Å². The van der Waals surface area contributed by atoms with Gasteiger partial charge in [0.25, 0.3) is 17.5 Å². The van der Waals surface area contributed by atoms with Gasteiger partial charge in [0.1, 0.15) is 6.04 Å². The number of imide groups is 1. The summed E-state index contributed by atoms with van der Waals surface area (Å²) in [4.78, 5) is 51.8. The molecule has 9 heteroatoms. The number of non-ortho nitro benzene ring substituents is 1. The lowest BCUT2D eigenvalue weighted by molar-refractivity contribution is -0.384. The highest BCUT2D eigenvalue weighted by Gasteiger charge is 2.47. The van der Waals surface area contributed by atoms with Crippen molar-refractivity contribution in [2.45, 2.75) is 38.8 Å². The molecule has 156 valence electrons. The molecule has 0 spiro atoms. The van der Waals surface area contributed by atoms with Crippen molar-refractivity contribution in [1.82, 2.24) is 4.90 Å². The van der Waals surface area contributed by atoms with Crippen molar-refractivity contribution in [3.05, 3.63) is 69.2 Å². The molecule has 0 aromatic heterocycles. The molecular weight excluding hydrogens is 410 g/mol. The summed E-state index contributed by atoms with van der Waals surface area (Å²) >= 11 is 5.89. The fourth-order valence-electron chi connectivity index (χ4n) is 3.46. The molecule has 0 radical (unpaired) electrons. The van der Waals surface area contributed by atoms with E-state index < -0.39 is 34.2 Å². The third kappa shape index (κ3) is 4.04. The Morgan fingerprint density at radius 2 is 1.67 bits per heavy atom. The first-order valence-corrected chi connectivity index (χ1v) is 9.59. The number of halogens is 1. The Morgan fingerprint density at radius 3 is 2.17 bits per heavy atom. The predicted molar refractivity (Wildman–Crippen MR) is 111 cm³/mol. The normalized spacial score (nSPS) is 16.7. The van der Waals surface area contributed by atoms with E-state index in [2.05, 4.69) is 0 Å². The number of carbonyl (C=O) groups is 3. The second-order valence-electron chi connectivity index (χ2n) is 7.91. The summed E-state index contributed by atoms with van der Waals surface area (Å²) in [7, 11) is 0. The first kappa shape index (κ1) is 21.4. The van der Waals surface area contributed by atoms with Crippen LogP contribution < -0.4 is 4.90 Å². The summed E-state index contributed by atoms with van der Waals surface area (Å²) in [5.41, 5.74) is -0.348. The van der Waals surface area contributed by atoms with Gasteiger partial charge in [0.15, 0.2) is 0 Å². The number of carbonyl (C=O) groups excluding carboxylic acids is 3. The maximum absolute atomic E-state index is 13.3. The quantitative estimate of drug-likeness (QED) is 0.417. The number of benzene rings is 2. The van der Waals surface area contributed by atoms with E-state index in [0.29, 0.717) is 10.7 Å². The van der Waals surface area contributed by atoms with Crippen molar-refractivity contribution in [1.29, 1.82) is 0 Å². The molecule has 3 amide bonds. The van der Waals surface area contributed by atoms with E-state index in [4.69, 9.17) is 11.6 Å². The van der Waals surface area contributed by atoms with Gasteiger partial charge in [-0.1, -0.05) is 11.6 Å². The van der Waals surface area contributed by atoms with E-state index in [1.165, 1.54) is 29.2 Å². The van der Waals surface area contributed by atoms with Crippen molar-refractivity contribution >= 4 is 40.7 Å². The van der Waals surface area contributed by atoms with Crippen LogP contribution in [0.3, 0.4) is 0 Å². The van der Waals surface area contributed by atoms with Crippen LogP contribution in [0.15, 0.2) is 48.5 Å². The summed E-state index contributed by atoms with van der Waals surface area (Å²) in [5.74, 6) is -1.41. The lowest BCUT2D eigenvalue weighted by atomic mass is 9.99. The smallest absolute Gasteiger partial charge is 0.269 e. The van der Waals surface area contributed by atoms with Gasteiger partial charge in [-0.3, -0.25) is 24.5 Å². The molecule has 3 rings (SSSR count). The number of amides is 3. The van der Waals surface area contributed by atoms with Crippen molar-refractivity contribution in [2.24, 2.45) is 0 Å². The fraction of sp³-hybridized carbons (Fsp3) is 0.286. The zero-order chi connectivity index (χ0) is 22.2. The van der Waals surface area contributed by atoms with Crippen LogP contribution in [-0.2, 0) is 9.59 Å². The minimum absolute atomic E-state index is 0.144. The number of nitrogens with zero attached hydrogens (tertiary/aromatic N) is 3. The van der Waals surface area contributed by atoms with Crippen LogP contribution in [0, 0.1) is 10.1 Å². The number of anilines is 1. The standard InChI is InChI=1S/C21H20ClN3O5/c1-21(2,3)24(19(27)13-4-8-16(9-5-13)25(29)30)17-12-18(26)23(20(17)28)15-10-6-14(22)7-11-15/h4-11,17H,12H2,1-3H3. The molecule has 0 bridgehead atoms. The van der Waals surface area contributed by atoms with Gasteiger partial charge >= 0.3 is 0 Å². The first-order valence-electron chi connectivity index (χ1n) is 9.21. The van der Waals surface area contributed by atoms with Crippen molar-refractivity contribution < 1.29 is 19.3 Å². The van der Waals surface area contributed by atoms with Gasteiger partial charge in [0, 0.05) is 28.3 Å². The van der Waals surface area contributed by atoms with Crippen LogP contribution in [0.5, 0.6) is 0 Å². The second kappa shape index (κ2) is 7.87. The van der Waals surface area contributed by atoms with E-state index in [9.17, 15) is 24.5 Å². The summed E-state index contributed by atoms with van der Waals surface area (Å²) in [6.07, 6.45) is -0.155. The average Bonchev–Trinajstić information content (AvgIpc) is 2.95. The van der Waals surface area contributed by atoms with Gasteiger partial charge in [0.05, 0.1) is 17.0 Å². The summed E-state index contributed by atoms with van der Waals surface area (Å²) in [6.45, 7) is 5.29. The molecule has 1 saturated heterocycles. The van der Waals surface area contributed by atoms with Crippen LogP contribution in [0.4, 0.5) is 11.4 Å². The van der Waals surface area contributed by atoms with Crippen LogP contribution >= 0.6 is 11.6 Å². The molecule has 30 heavy (non-hydrogen) atoms. The Labute approximate surface area is 178 Å². The molecule has 1 aliphatic rings. The average molecular weight is 430 g/mol. The monoisotopic (exact) mass is 429 g/mol. The first-order chi connectivity index (χ1) is 14.0. The Morgan fingerprint density at radius 1 is 1.10 bits per heavy atom. The lowest BCUT2D eigenvalue weighted by Crippen LogP contribution is -2.54. The molecule has 0 saturated carbocycles. The molecule has 1 atom stereocenters. The maximum Gasteiger partial charge on any atom is 0.269 e. The predicted octanol–water partition coefficient (Wildman–Crippen LogP) is 3.82. The van der Waals surface area contributed by atoms with Gasteiger partial charge < -0.3 is 4.90 Å². The van der Waals surface area contributed by atoms with Gasteiger partial charge in [-0.25, -0.2) is 4.90 Å². The number of rotatable bonds is 4. The summed E-state index contributed by atoms with van der Waals surface area (Å²) in [5, 5.41) is 11.3. The van der Waals surface area contributed by atoms with Gasteiger partial charge in [-0.15, -0.1) is 0 Å². The molecule has 1 aliphatic heterocycles. The fourth-order valence-corrected chi connectivity index (χ4v) is 3.58. The molecule has 2 aromatic rings. The lowest BCUT2D eigenvalue weighted by Gasteiger charge is -2.39. The van der Waals surface area contributed by atoms with Crippen LogP contribution in [0.1, 0.15) is 37.6 Å². The highest BCUT2D eigenvalue weighted by molar-refractivity contribution is 6.31. The molecule has 2 aromatic carbocycles. The zero-order valence-corrected chi connectivity index (χ0v) is 17.4. The second-order valence-corrected chi connectivity index (χ2v) is 8.35. The Hall–Kier alpha value is -3.26. The molecular formula is C21H20ClN3O5. The van der Waals surface area contributed by atoms with Gasteiger partial charge in [-0.2, -0.15) is 0 Å². The van der Waals surface area contributed by atoms with E-state index >= 15 is 0 Å². The van der Waals surface area contributed by atoms with Gasteiger partial charge in [-0.05, 0) is 57.2 Å². The minimum atomic E-state index is -0.990. The molecule has 1 fully saturated rings. The number of hydrogen-bond acceptors (Lipinski definition) is 5. The highest BCUT2D eigenvalue weighted by Crippen LogP contribution is 2.31. The van der Waals surface area contributed by atoms with Crippen LogP contribution in [-0.4, -0.2) is 39.1 Å². The van der Waals surface area contributed by atoms with E-state index in [1.54, 1.807) is 45.0 Å². The molecule has 8 nitrogen and oxygen atoms in total.